The Kier molecular flexibility index (Phi) is 4.06. The number of rotatable bonds is 4. The number of anilines is 1. The number of aromatic nitrogens is 1. The number of aliphatic hydroxyl groups is 1. The van der Waals surface area contributed by atoms with E-state index in [2.05, 4.69) is 10.3 Å². The van der Waals surface area contributed by atoms with Gasteiger partial charge in [-0.15, -0.1) is 0 Å². The first-order valence-corrected chi connectivity index (χ1v) is 7.62. The molecule has 0 saturated heterocycles. The predicted molar refractivity (Wildman–Crippen MR) is 82.9 cm³/mol. The Labute approximate surface area is 124 Å². The summed E-state index contributed by atoms with van der Waals surface area (Å²) in [6, 6.07) is 7.41. The van der Waals surface area contributed by atoms with Gasteiger partial charge < -0.3 is 10.4 Å². The van der Waals surface area contributed by atoms with Crippen LogP contribution in [-0.4, -0.2) is 22.7 Å². The van der Waals surface area contributed by atoms with Crippen molar-refractivity contribution in [2.24, 2.45) is 5.92 Å². The van der Waals surface area contributed by atoms with Gasteiger partial charge in [0.25, 0.3) is 0 Å². The van der Waals surface area contributed by atoms with Crippen LogP contribution in [0.25, 0.3) is 10.9 Å². The number of hydrogen-bond acceptors (Lipinski definition) is 3. The zero-order chi connectivity index (χ0) is 14.8. The maximum Gasteiger partial charge on any atom is 0.149 e. The van der Waals surface area contributed by atoms with Gasteiger partial charge >= 0.3 is 0 Å². The van der Waals surface area contributed by atoms with Crippen LogP contribution in [0.1, 0.15) is 31.4 Å². The van der Waals surface area contributed by atoms with Crippen LogP contribution in [0.4, 0.5) is 10.1 Å². The largest absolute Gasteiger partial charge is 0.396 e. The van der Waals surface area contributed by atoms with Gasteiger partial charge in [0.1, 0.15) is 11.3 Å². The number of hydrogen-bond donors (Lipinski definition) is 2. The summed E-state index contributed by atoms with van der Waals surface area (Å²) in [5.74, 6) is 0.213. The SMILES string of the molecule is Cc1cc(NC2CCCC2CCO)c2cccc(F)c2n1. The summed E-state index contributed by atoms with van der Waals surface area (Å²) >= 11 is 0. The first-order chi connectivity index (χ1) is 10.2. The van der Waals surface area contributed by atoms with Crippen molar-refractivity contribution in [3.8, 4) is 0 Å². The number of pyridine rings is 1. The first-order valence-electron chi connectivity index (χ1n) is 7.62. The van der Waals surface area contributed by atoms with Crippen LogP contribution in [0.5, 0.6) is 0 Å². The van der Waals surface area contributed by atoms with Crippen LogP contribution in [-0.2, 0) is 0 Å². The highest BCUT2D eigenvalue weighted by Crippen LogP contribution is 2.33. The zero-order valence-electron chi connectivity index (χ0n) is 12.3. The van der Waals surface area contributed by atoms with E-state index in [0.29, 0.717) is 17.5 Å². The van der Waals surface area contributed by atoms with Crippen LogP contribution >= 0.6 is 0 Å². The fraction of sp³-hybridized carbons (Fsp3) is 0.471. The lowest BCUT2D eigenvalue weighted by Crippen LogP contribution is -2.25. The van der Waals surface area contributed by atoms with E-state index in [-0.39, 0.29) is 12.4 Å². The van der Waals surface area contributed by atoms with E-state index in [1.807, 2.05) is 19.1 Å². The smallest absolute Gasteiger partial charge is 0.149 e. The first kappa shape index (κ1) is 14.3. The van der Waals surface area contributed by atoms with Gasteiger partial charge in [-0.3, -0.25) is 0 Å². The molecule has 21 heavy (non-hydrogen) atoms. The molecule has 0 radical (unpaired) electrons. The molecule has 0 amide bonds. The van der Waals surface area contributed by atoms with Crippen molar-refractivity contribution < 1.29 is 9.50 Å². The summed E-state index contributed by atoms with van der Waals surface area (Å²) in [6.45, 7) is 2.12. The van der Waals surface area contributed by atoms with E-state index in [4.69, 9.17) is 0 Å². The molecule has 1 aliphatic carbocycles. The van der Waals surface area contributed by atoms with Crippen molar-refractivity contribution in [1.82, 2.24) is 4.98 Å². The highest BCUT2D eigenvalue weighted by Gasteiger charge is 2.27. The lowest BCUT2D eigenvalue weighted by atomic mass is 9.99. The Hall–Kier alpha value is -1.68. The number of nitrogens with one attached hydrogen (secondary N) is 1. The van der Waals surface area contributed by atoms with Crippen LogP contribution in [0.2, 0.25) is 0 Å². The van der Waals surface area contributed by atoms with Crippen molar-refractivity contribution in [1.29, 1.82) is 0 Å². The summed E-state index contributed by atoms with van der Waals surface area (Å²) in [5, 5.41) is 13.6. The number of aryl methyl sites for hydroxylation is 1. The second-order valence-electron chi connectivity index (χ2n) is 5.90. The normalized spacial score (nSPS) is 21.9. The molecule has 1 saturated carbocycles. The predicted octanol–water partition coefficient (Wildman–Crippen LogP) is 3.65. The number of para-hydroxylation sites is 1. The monoisotopic (exact) mass is 288 g/mol. The second-order valence-corrected chi connectivity index (χ2v) is 5.90. The molecule has 4 heteroatoms. The Balaban J connectivity index is 1.95. The Morgan fingerprint density at radius 3 is 3.05 bits per heavy atom. The molecular weight excluding hydrogens is 267 g/mol. The molecule has 0 spiro atoms. The minimum absolute atomic E-state index is 0.230. The molecule has 2 N–H and O–H groups in total. The molecule has 2 unspecified atom stereocenters. The van der Waals surface area contributed by atoms with Crippen LogP contribution in [0, 0.1) is 18.7 Å². The molecule has 0 aliphatic heterocycles. The third-order valence-corrected chi connectivity index (χ3v) is 4.42. The van der Waals surface area contributed by atoms with E-state index in [0.717, 1.165) is 36.0 Å². The lowest BCUT2D eigenvalue weighted by molar-refractivity contribution is 0.254. The number of nitrogens with zero attached hydrogens (tertiary/aromatic N) is 1. The van der Waals surface area contributed by atoms with E-state index in [9.17, 15) is 9.50 Å². The summed E-state index contributed by atoms with van der Waals surface area (Å²) < 4.78 is 13.9. The van der Waals surface area contributed by atoms with Gasteiger partial charge in [-0.2, -0.15) is 0 Å². The Morgan fingerprint density at radius 2 is 2.24 bits per heavy atom. The van der Waals surface area contributed by atoms with Gasteiger partial charge in [-0.05, 0) is 44.2 Å². The third kappa shape index (κ3) is 2.86. The van der Waals surface area contributed by atoms with Gasteiger partial charge in [0, 0.05) is 29.4 Å². The van der Waals surface area contributed by atoms with Crippen LogP contribution < -0.4 is 5.32 Å². The fourth-order valence-corrected chi connectivity index (χ4v) is 3.40. The average molecular weight is 288 g/mol. The minimum Gasteiger partial charge on any atom is -0.396 e. The lowest BCUT2D eigenvalue weighted by Gasteiger charge is -2.22. The summed E-state index contributed by atoms with van der Waals surface area (Å²) in [6.07, 6.45) is 4.25. The van der Waals surface area contributed by atoms with Crippen molar-refractivity contribution in [3.05, 3.63) is 35.8 Å². The third-order valence-electron chi connectivity index (χ3n) is 4.42. The van der Waals surface area contributed by atoms with Gasteiger partial charge in [0.2, 0.25) is 0 Å². The van der Waals surface area contributed by atoms with Crippen molar-refractivity contribution in [2.45, 2.75) is 38.6 Å². The van der Waals surface area contributed by atoms with Gasteiger partial charge in [0.05, 0.1) is 0 Å². The topological polar surface area (TPSA) is 45.1 Å². The molecular formula is C17H21FN2O. The maximum atomic E-state index is 13.9. The molecule has 112 valence electrons. The summed E-state index contributed by atoms with van der Waals surface area (Å²) in [4.78, 5) is 4.31. The van der Waals surface area contributed by atoms with Crippen molar-refractivity contribution >= 4 is 16.6 Å². The standard InChI is InChI=1S/C17H21FN2O/c1-11-10-16(13-5-3-6-14(18)17(13)19-11)20-15-7-2-4-12(15)8-9-21/h3,5-6,10,12,15,21H,2,4,7-9H2,1H3,(H,19,20). The number of aliphatic hydroxyl groups excluding tert-OH is 1. The Morgan fingerprint density at radius 1 is 1.38 bits per heavy atom. The highest BCUT2D eigenvalue weighted by molar-refractivity contribution is 5.91. The van der Waals surface area contributed by atoms with E-state index < -0.39 is 0 Å². The molecule has 1 aromatic carbocycles. The van der Waals surface area contributed by atoms with Crippen LogP contribution in [0.15, 0.2) is 24.3 Å². The van der Waals surface area contributed by atoms with Crippen molar-refractivity contribution in [2.75, 3.05) is 11.9 Å². The molecule has 2 aromatic rings. The average Bonchev–Trinajstić information content (AvgIpc) is 2.88. The van der Waals surface area contributed by atoms with Crippen LogP contribution in [0.3, 0.4) is 0 Å². The molecule has 3 rings (SSSR count). The molecule has 1 aromatic heterocycles. The minimum atomic E-state index is -0.280. The summed E-state index contributed by atoms with van der Waals surface area (Å²) in [7, 11) is 0. The number of halogens is 1. The number of benzene rings is 1. The van der Waals surface area contributed by atoms with E-state index in [1.165, 1.54) is 12.5 Å². The molecule has 1 heterocycles. The molecule has 3 nitrogen and oxygen atoms in total. The molecule has 2 atom stereocenters. The Bertz CT molecular complexity index is 644. The summed E-state index contributed by atoms with van der Waals surface area (Å²) in [5.41, 5.74) is 2.19. The van der Waals surface area contributed by atoms with Gasteiger partial charge in [-0.1, -0.05) is 18.6 Å². The maximum absolute atomic E-state index is 13.9. The zero-order valence-corrected chi connectivity index (χ0v) is 12.3. The number of fused-ring (bicyclic) bond motifs is 1. The van der Waals surface area contributed by atoms with E-state index in [1.54, 1.807) is 6.07 Å². The molecule has 1 aliphatic rings. The second kappa shape index (κ2) is 5.98. The highest BCUT2D eigenvalue weighted by atomic mass is 19.1. The van der Waals surface area contributed by atoms with Gasteiger partial charge in [0.15, 0.2) is 0 Å². The molecule has 0 bridgehead atoms. The quantitative estimate of drug-likeness (QED) is 0.902. The van der Waals surface area contributed by atoms with Gasteiger partial charge in [-0.25, -0.2) is 9.37 Å². The molecule has 1 fully saturated rings. The van der Waals surface area contributed by atoms with E-state index >= 15 is 0 Å². The fourth-order valence-electron chi connectivity index (χ4n) is 3.40. The van der Waals surface area contributed by atoms with Crippen molar-refractivity contribution in [3.63, 3.8) is 0 Å².